The summed E-state index contributed by atoms with van der Waals surface area (Å²) in [7, 11) is 0. The lowest BCUT2D eigenvalue weighted by atomic mass is 10.2. The standard InChI is InChI=1S/C20H16BrNO4S2/c1-2-7-24-15-5-3-12(8-14(15)21)9-18-19(23)22(20(27)28-18)13-4-6-16-17(10-13)26-11-25-16/h3-6,8-10H,2,7,11H2,1H3/b18-9-. The molecule has 0 aliphatic carbocycles. The Balaban J connectivity index is 1.58. The van der Waals surface area contributed by atoms with E-state index in [1.165, 1.54) is 16.7 Å². The lowest BCUT2D eigenvalue weighted by Crippen LogP contribution is -2.27. The van der Waals surface area contributed by atoms with E-state index in [4.69, 9.17) is 26.4 Å². The lowest BCUT2D eigenvalue weighted by Gasteiger charge is -2.14. The maximum Gasteiger partial charge on any atom is 0.270 e. The van der Waals surface area contributed by atoms with E-state index in [0.717, 1.165) is 22.2 Å². The molecule has 2 aliphatic heterocycles. The van der Waals surface area contributed by atoms with Gasteiger partial charge in [-0.1, -0.05) is 37.0 Å². The summed E-state index contributed by atoms with van der Waals surface area (Å²) < 4.78 is 17.7. The van der Waals surface area contributed by atoms with Crippen molar-refractivity contribution in [2.45, 2.75) is 13.3 Å². The molecule has 28 heavy (non-hydrogen) atoms. The number of carbonyl (C=O) groups is 1. The number of carbonyl (C=O) groups excluding carboxylic acids is 1. The molecular weight excluding hydrogens is 462 g/mol. The first-order chi connectivity index (χ1) is 13.6. The van der Waals surface area contributed by atoms with E-state index >= 15 is 0 Å². The van der Waals surface area contributed by atoms with Crippen molar-refractivity contribution in [2.24, 2.45) is 0 Å². The second-order valence-electron chi connectivity index (χ2n) is 6.09. The molecule has 4 rings (SSSR count). The maximum atomic E-state index is 13.0. The lowest BCUT2D eigenvalue weighted by molar-refractivity contribution is -0.113. The van der Waals surface area contributed by atoms with Gasteiger partial charge in [0.1, 0.15) is 5.75 Å². The zero-order valence-electron chi connectivity index (χ0n) is 14.9. The van der Waals surface area contributed by atoms with Crippen LogP contribution >= 0.6 is 39.9 Å². The number of thioether (sulfide) groups is 1. The Morgan fingerprint density at radius 2 is 2.07 bits per heavy atom. The normalized spacial score (nSPS) is 16.9. The second kappa shape index (κ2) is 8.14. The van der Waals surface area contributed by atoms with Crippen LogP contribution in [0.4, 0.5) is 5.69 Å². The number of halogens is 1. The maximum absolute atomic E-state index is 13.0. The molecule has 0 saturated carbocycles. The number of thiocarbonyl (C=S) groups is 1. The fourth-order valence-corrected chi connectivity index (χ4v) is 4.61. The van der Waals surface area contributed by atoms with E-state index in [9.17, 15) is 4.79 Å². The second-order valence-corrected chi connectivity index (χ2v) is 8.62. The first kappa shape index (κ1) is 19.3. The van der Waals surface area contributed by atoms with Gasteiger partial charge < -0.3 is 14.2 Å². The zero-order chi connectivity index (χ0) is 19.7. The summed E-state index contributed by atoms with van der Waals surface area (Å²) in [6.45, 7) is 2.90. The number of benzene rings is 2. The summed E-state index contributed by atoms with van der Waals surface area (Å²) in [4.78, 5) is 15.0. The molecular formula is C20H16BrNO4S2. The molecule has 2 aromatic rings. The van der Waals surface area contributed by atoms with Crippen molar-refractivity contribution in [3.05, 3.63) is 51.3 Å². The summed E-state index contributed by atoms with van der Waals surface area (Å²) in [5.41, 5.74) is 1.56. The molecule has 8 heteroatoms. The highest BCUT2D eigenvalue weighted by molar-refractivity contribution is 9.10. The van der Waals surface area contributed by atoms with E-state index in [2.05, 4.69) is 22.9 Å². The van der Waals surface area contributed by atoms with Gasteiger partial charge in [0.05, 0.1) is 21.7 Å². The largest absolute Gasteiger partial charge is 0.492 e. The minimum Gasteiger partial charge on any atom is -0.492 e. The Hall–Kier alpha value is -2.03. The molecule has 0 radical (unpaired) electrons. The van der Waals surface area contributed by atoms with Crippen molar-refractivity contribution in [3.63, 3.8) is 0 Å². The fraction of sp³-hybridized carbons (Fsp3) is 0.200. The van der Waals surface area contributed by atoms with Crippen molar-refractivity contribution in [1.82, 2.24) is 0 Å². The molecule has 0 aromatic heterocycles. The van der Waals surface area contributed by atoms with Crippen LogP contribution in [0.25, 0.3) is 6.08 Å². The number of anilines is 1. The predicted molar refractivity (Wildman–Crippen MR) is 118 cm³/mol. The van der Waals surface area contributed by atoms with Gasteiger partial charge in [0.2, 0.25) is 6.79 Å². The van der Waals surface area contributed by atoms with Gasteiger partial charge in [-0.3, -0.25) is 9.69 Å². The van der Waals surface area contributed by atoms with Gasteiger partial charge in [0.15, 0.2) is 15.8 Å². The molecule has 1 amide bonds. The Morgan fingerprint density at radius 1 is 1.25 bits per heavy atom. The number of rotatable bonds is 5. The SMILES string of the molecule is CCCOc1ccc(/C=C2\SC(=S)N(c3ccc4c(c3)OCO4)C2=O)cc1Br. The Labute approximate surface area is 180 Å². The highest BCUT2D eigenvalue weighted by Crippen LogP contribution is 2.41. The predicted octanol–water partition coefficient (Wildman–Crippen LogP) is 5.37. The minimum atomic E-state index is -0.156. The third-order valence-corrected chi connectivity index (χ3v) is 6.05. The van der Waals surface area contributed by atoms with Gasteiger partial charge >= 0.3 is 0 Å². The number of amides is 1. The van der Waals surface area contributed by atoms with Gasteiger partial charge in [-0.05, 0) is 58.3 Å². The molecule has 0 unspecified atom stereocenters. The van der Waals surface area contributed by atoms with Gasteiger partial charge in [-0.2, -0.15) is 0 Å². The highest BCUT2D eigenvalue weighted by Gasteiger charge is 2.34. The van der Waals surface area contributed by atoms with Gasteiger partial charge in [-0.25, -0.2) is 0 Å². The summed E-state index contributed by atoms with van der Waals surface area (Å²) >= 11 is 10.2. The number of ether oxygens (including phenoxy) is 3. The van der Waals surface area contributed by atoms with Crippen LogP contribution in [0.2, 0.25) is 0 Å². The molecule has 2 aromatic carbocycles. The van der Waals surface area contributed by atoms with Gasteiger partial charge in [-0.15, -0.1) is 0 Å². The summed E-state index contributed by atoms with van der Waals surface area (Å²) in [5, 5.41) is 0. The third kappa shape index (κ3) is 3.76. The Kier molecular flexibility index (Phi) is 5.61. The molecule has 1 saturated heterocycles. The summed E-state index contributed by atoms with van der Waals surface area (Å²) in [6, 6.07) is 11.1. The smallest absolute Gasteiger partial charge is 0.270 e. The van der Waals surface area contributed by atoms with E-state index in [0.29, 0.717) is 33.0 Å². The molecule has 144 valence electrons. The van der Waals surface area contributed by atoms with Crippen molar-refractivity contribution in [1.29, 1.82) is 0 Å². The quantitative estimate of drug-likeness (QED) is 0.425. The Bertz CT molecular complexity index is 992. The van der Waals surface area contributed by atoms with Crippen LogP contribution in [0, 0.1) is 0 Å². The van der Waals surface area contributed by atoms with E-state index in [-0.39, 0.29) is 12.7 Å². The average molecular weight is 478 g/mol. The Morgan fingerprint density at radius 3 is 2.86 bits per heavy atom. The summed E-state index contributed by atoms with van der Waals surface area (Å²) in [5.74, 6) is 1.91. The van der Waals surface area contributed by atoms with Crippen LogP contribution in [0.1, 0.15) is 18.9 Å². The monoisotopic (exact) mass is 477 g/mol. The molecule has 0 N–H and O–H groups in total. The van der Waals surface area contributed by atoms with Gasteiger partial charge in [0, 0.05) is 6.07 Å². The molecule has 0 spiro atoms. The molecule has 0 bridgehead atoms. The van der Waals surface area contributed by atoms with Crippen LogP contribution in [-0.2, 0) is 4.79 Å². The average Bonchev–Trinajstić information content (AvgIpc) is 3.25. The van der Waals surface area contributed by atoms with Crippen LogP contribution < -0.4 is 19.1 Å². The minimum absolute atomic E-state index is 0.156. The van der Waals surface area contributed by atoms with E-state index < -0.39 is 0 Å². The number of hydrogen-bond acceptors (Lipinski definition) is 6. The first-order valence-electron chi connectivity index (χ1n) is 8.67. The van der Waals surface area contributed by atoms with Crippen molar-refractivity contribution < 1.29 is 19.0 Å². The van der Waals surface area contributed by atoms with Crippen LogP contribution in [0.5, 0.6) is 17.2 Å². The highest BCUT2D eigenvalue weighted by atomic mass is 79.9. The number of nitrogens with zero attached hydrogens (tertiary/aromatic N) is 1. The zero-order valence-corrected chi connectivity index (χ0v) is 18.2. The molecule has 1 fully saturated rings. The first-order valence-corrected chi connectivity index (χ1v) is 10.7. The third-order valence-electron chi connectivity index (χ3n) is 4.12. The van der Waals surface area contributed by atoms with E-state index in [1.54, 1.807) is 18.2 Å². The summed E-state index contributed by atoms with van der Waals surface area (Å²) in [6.07, 6.45) is 2.77. The van der Waals surface area contributed by atoms with Crippen molar-refractivity contribution in [3.8, 4) is 17.2 Å². The van der Waals surface area contributed by atoms with Crippen molar-refractivity contribution in [2.75, 3.05) is 18.3 Å². The molecule has 2 aliphatic rings. The molecule has 0 atom stereocenters. The van der Waals surface area contributed by atoms with E-state index in [1.807, 2.05) is 24.3 Å². The molecule has 2 heterocycles. The van der Waals surface area contributed by atoms with Crippen LogP contribution in [0.3, 0.4) is 0 Å². The molecule has 5 nitrogen and oxygen atoms in total. The topological polar surface area (TPSA) is 48.0 Å². The number of fused-ring (bicyclic) bond motifs is 1. The number of hydrogen-bond donors (Lipinski definition) is 0. The van der Waals surface area contributed by atoms with Gasteiger partial charge in [0.25, 0.3) is 5.91 Å². The van der Waals surface area contributed by atoms with Crippen LogP contribution in [0.15, 0.2) is 45.8 Å². The fourth-order valence-electron chi connectivity index (χ4n) is 2.80. The van der Waals surface area contributed by atoms with Crippen molar-refractivity contribution >= 4 is 61.9 Å². The van der Waals surface area contributed by atoms with Crippen LogP contribution in [-0.4, -0.2) is 23.6 Å².